The smallest absolute Gasteiger partial charge is 0.255 e. The van der Waals surface area contributed by atoms with Crippen LogP contribution in [0.3, 0.4) is 0 Å². The summed E-state index contributed by atoms with van der Waals surface area (Å²) in [5.74, 6) is -2.63. The quantitative estimate of drug-likeness (QED) is 0.161. The lowest BCUT2D eigenvalue weighted by Crippen LogP contribution is -2.45. The lowest BCUT2D eigenvalue weighted by Gasteiger charge is -2.36. The Morgan fingerprint density at radius 1 is 0.944 bits per heavy atom. The topological polar surface area (TPSA) is 135 Å². The van der Waals surface area contributed by atoms with Crippen LogP contribution in [-0.4, -0.2) is 69.7 Å². The summed E-state index contributed by atoms with van der Waals surface area (Å²) < 4.78 is 14.4. The van der Waals surface area contributed by atoms with Crippen molar-refractivity contribution in [3.63, 3.8) is 0 Å². The van der Waals surface area contributed by atoms with Crippen LogP contribution in [0, 0.1) is 5.82 Å². The summed E-state index contributed by atoms with van der Waals surface area (Å²) in [6, 6.07) is 24.1. The van der Waals surface area contributed by atoms with Gasteiger partial charge in [-0.05, 0) is 70.6 Å². The van der Waals surface area contributed by atoms with E-state index in [9.17, 15) is 28.7 Å². The number of imide groups is 1. The number of piperazine rings is 1. The molecule has 0 aliphatic carbocycles. The number of benzene rings is 4. The zero-order valence-electron chi connectivity index (χ0n) is 29.2. The third kappa shape index (κ3) is 7.20. The minimum absolute atomic E-state index is 0.0115. The van der Waals surface area contributed by atoms with E-state index in [1.54, 1.807) is 5.38 Å². The number of carbonyl (C=O) groups excluding carboxylic acids is 4. The van der Waals surface area contributed by atoms with Crippen molar-refractivity contribution in [1.29, 1.82) is 0 Å². The van der Waals surface area contributed by atoms with E-state index < -0.39 is 23.7 Å². The fraction of sp³-hybridized carbons (Fsp3) is 0.244. The van der Waals surface area contributed by atoms with Crippen molar-refractivity contribution in [2.75, 3.05) is 36.4 Å². The van der Waals surface area contributed by atoms with Crippen LogP contribution in [0.2, 0.25) is 0 Å². The molecule has 2 atom stereocenters. The van der Waals surface area contributed by atoms with Crippen LogP contribution in [-0.2, 0) is 27.5 Å². The number of amides is 4. The highest BCUT2D eigenvalue weighted by Gasteiger charge is 2.39. The molecule has 8 rings (SSSR count). The minimum atomic E-state index is -1.29. The van der Waals surface area contributed by atoms with E-state index in [0.29, 0.717) is 23.5 Å². The Morgan fingerprint density at radius 3 is 2.43 bits per heavy atom. The number of phenolic OH excluding ortho intramolecular Hbond substituents is 1. The molecule has 0 spiro atoms. The van der Waals surface area contributed by atoms with Crippen molar-refractivity contribution in [2.24, 2.45) is 0 Å². The fourth-order valence-electron chi connectivity index (χ4n) is 7.52. The maximum absolute atomic E-state index is 14.4. The number of carbonyl (C=O) groups is 4. The number of rotatable bonds is 9. The molecule has 4 amide bonds. The van der Waals surface area contributed by atoms with Gasteiger partial charge in [-0.25, -0.2) is 9.37 Å². The highest BCUT2D eigenvalue weighted by atomic mass is 32.1. The van der Waals surface area contributed by atoms with Crippen molar-refractivity contribution in [3.05, 3.63) is 130 Å². The summed E-state index contributed by atoms with van der Waals surface area (Å²) in [5.41, 5.74) is 6.18. The van der Waals surface area contributed by atoms with Crippen LogP contribution in [0.4, 0.5) is 15.2 Å². The number of piperidine rings is 1. The van der Waals surface area contributed by atoms with E-state index in [4.69, 9.17) is 0 Å². The zero-order chi connectivity index (χ0) is 37.3. The van der Waals surface area contributed by atoms with Gasteiger partial charge in [0.25, 0.3) is 11.8 Å². The van der Waals surface area contributed by atoms with Gasteiger partial charge in [0.2, 0.25) is 11.8 Å². The van der Waals surface area contributed by atoms with E-state index in [0.717, 1.165) is 72.8 Å². The van der Waals surface area contributed by atoms with Crippen LogP contribution in [0.25, 0.3) is 11.1 Å². The molecule has 0 radical (unpaired) electrons. The van der Waals surface area contributed by atoms with E-state index in [-0.39, 0.29) is 35.6 Å². The van der Waals surface area contributed by atoms with Crippen molar-refractivity contribution >= 4 is 45.8 Å². The summed E-state index contributed by atoms with van der Waals surface area (Å²) in [7, 11) is 0. The highest BCUT2D eigenvalue weighted by Crippen LogP contribution is 2.38. The predicted octanol–water partition coefficient (Wildman–Crippen LogP) is 5.83. The number of hydrogen-bond donors (Lipinski definition) is 3. The first-order chi connectivity index (χ1) is 26.2. The molecule has 5 aromatic rings. The summed E-state index contributed by atoms with van der Waals surface area (Å²) in [4.78, 5) is 61.5. The lowest BCUT2D eigenvalue weighted by atomic mass is 9.90. The van der Waals surface area contributed by atoms with Crippen LogP contribution >= 0.6 is 11.3 Å². The molecule has 3 aliphatic rings. The highest BCUT2D eigenvalue weighted by molar-refractivity contribution is 7.13. The molecular weight excluding hydrogens is 708 g/mol. The van der Waals surface area contributed by atoms with Gasteiger partial charge in [-0.1, -0.05) is 48.5 Å². The van der Waals surface area contributed by atoms with Gasteiger partial charge in [0.1, 0.15) is 17.6 Å². The van der Waals surface area contributed by atoms with Crippen LogP contribution in [0.15, 0.2) is 96.5 Å². The second kappa shape index (κ2) is 14.8. The second-order valence-electron chi connectivity index (χ2n) is 13.8. The third-order valence-electron chi connectivity index (χ3n) is 10.4. The van der Waals surface area contributed by atoms with Crippen LogP contribution < -0.4 is 15.5 Å². The first-order valence-electron chi connectivity index (χ1n) is 17.8. The summed E-state index contributed by atoms with van der Waals surface area (Å²) >= 11 is 1.21. The molecule has 0 bridgehead atoms. The molecule has 0 saturated carbocycles. The lowest BCUT2D eigenvalue weighted by molar-refractivity contribution is -0.134. The van der Waals surface area contributed by atoms with Crippen molar-refractivity contribution in [2.45, 2.75) is 37.9 Å². The molecule has 3 N–H and O–H groups in total. The van der Waals surface area contributed by atoms with E-state index in [2.05, 4.69) is 49.7 Å². The molecule has 13 heteroatoms. The number of aromatic hydroxyl groups is 1. The maximum Gasteiger partial charge on any atom is 0.255 e. The molecule has 274 valence electrons. The predicted molar refractivity (Wildman–Crippen MR) is 202 cm³/mol. The van der Waals surface area contributed by atoms with Gasteiger partial charge in [0, 0.05) is 74.1 Å². The molecule has 2 unspecified atom stereocenters. The first-order valence-corrected chi connectivity index (χ1v) is 18.7. The maximum atomic E-state index is 14.4. The largest absolute Gasteiger partial charge is 0.508 e. The standard InChI is InChI=1S/C41H37FN6O5S/c42-30-9-13-35(49)34(22-30)37(39(52)45-41-43-15-20-54-41)48-24-29-6-5-28(21-33(29)40(48)53)26-7-10-31(11-8-26)47-18-16-46(17-19-47)23-25-1-3-27(4-2-25)32-12-14-36(50)44-38(32)51/h1-11,13,15,20-22,32,37,49H,12,14,16-19,23-24H2,(H,43,45,52)(H,44,50,51). The average molecular weight is 745 g/mol. The van der Waals surface area contributed by atoms with Crippen LogP contribution in [0.5, 0.6) is 5.75 Å². The summed E-state index contributed by atoms with van der Waals surface area (Å²) in [6.07, 6.45) is 2.45. The zero-order valence-corrected chi connectivity index (χ0v) is 30.0. The minimum Gasteiger partial charge on any atom is -0.508 e. The number of anilines is 2. The summed E-state index contributed by atoms with van der Waals surface area (Å²) in [6.45, 7) is 4.47. The number of aromatic nitrogens is 1. The van der Waals surface area contributed by atoms with Gasteiger partial charge in [-0.15, -0.1) is 11.3 Å². The number of nitrogens with zero attached hydrogens (tertiary/aromatic N) is 4. The third-order valence-corrected chi connectivity index (χ3v) is 11.1. The molecular formula is C41H37FN6O5S. The molecule has 54 heavy (non-hydrogen) atoms. The molecule has 4 aromatic carbocycles. The Morgan fingerprint density at radius 2 is 1.70 bits per heavy atom. The summed E-state index contributed by atoms with van der Waals surface area (Å²) in [5, 5.41) is 17.8. The molecule has 11 nitrogen and oxygen atoms in total. The van der Waals surface area contributed by atoms with E-state index >= 15 is 0 Å². The molecule has 4 heterocycles. The number of halogens is 1. The Kier molecular flexibility index (Phi) is 9.65. The van der Waals surface area contributed by atoms with Crippen molar-refractivity contribution < 1.29 is 28.7 Å². The Labute approximate surface area is 315 Å². The van der Waals surface area contributed by atoms with Crippen LogP contribution in [0.1, 0.15) is 57.4 Å². The van der Waals surface area contributed by atoms with Gasteiger partial charge < -0.3 is 14.9 Å². The van der Waals surface area contributed by atoms with Gasteiger partial charge in [-0.2, -0.15) is 0 Å². The SMILES string of the molecule is O=C1CCC(c2ccc(CN3CCN(c4ccc(-c5ccc6c(c5)C(=O)N(C(C(=O)Nc5nccs5)c5cc(F)ccc5O)C6)cc4)CC3)cc2)C(=O)N1. The normalized spacial score (nSPS) is 18.0. The molecule has 1 aromatic heterocycles. The van der Waals surface area contributed by atoms with E-state index in [1.165, 1.54) is 34.1 Å². The number of fused-ring (bicyclic) bond motifs is 1. The monoisotopic (exact) mass is 744 g/mol. The van der Waals surface area contributed by atoms with Gasteiger partial charge in [-0.3, -0.25) is 34.7 Å². The molecule has 2 fully saturated rings. The number of hydrogen-bond acceptors (Lipinski definition) is 9. The Hall–Kier alpha value is -5.92. The van der Waals surface area contributed by atoms with Crippen molar-refractivity contribution in [1.82, 2.24) is 20.1 Å². The molecule has 3 aliphatic heterocycles. The Balaban J connectivity index is 0.909. The average Bonchev–Trinajstić information content (AvgIpc) is 3.81. The molecule has 2 saturated heterocycles. The van der Waals surface area contributed by atoms with Gasteiger partial charge >= 0.3 is 0 Å². The van der Waals surface area contributed by atoms with Gasteiger partial charge in [0.05, 0.1) is 5.92 Å². The van der Waals surface area contributed by atoms with E-state index in [1.807, 2.05) is 42.5 Å². The number of thiazole rings is 1. The first kappa shape index (κ1) is 35.1. The van der Waals surface area contributed by atoms with Crippen molar-refractivity contribution in [3.8, 4) is 16.9 Å². The Bertz CT molecular complexity index is 2220. The number of nitrogens with one attached hydrogen (secondary N) is 2. The van der Waals surface area contributed by atoms with Gasteiger partial charge in [0.15, 0.2) is 5.13 Å². The fourth-order valence-corrected chi connectivity index (χ4v) is 8.05. The number of phenols is 1. The second-order valence-corrected chi connectivity index (χ2v) is 14.7.